The topological polar surface area (TPSA) is 103 Å². The number of rotatable bonds is 13. The molecule has 2 amide bonds. The van der Waals surface area contributed by atoms with Gasteiger partial charge in [0.05, 0.1) is 12.8 Å². The van der Waals surface area contributed by atoms with Crippen molar-refractivity contribution in [2.45, 2.75) is 19.3 Å². The maximum Gasteiger partial charge on any atom is 0.265 e. The molecule has 0 saturated heterocycles. The first kappa shape index (κ1) is 25.0. The number of methoxy groups -OCH3 is 2. The molecule has 182 valence electrons. The highest BCUT2D eigenvalue weighted by Gasteiger charge is 2.26. The highest BCUT2D eigenvalue weighted by molar-refractivity contribution is 6.02. The molecule has 2 aromatic rings. The first-order valence-corrected chi connectivity index (χ1v) is 11.1. The van der Waals surface area contributed by atoms with Crippen molar-refractivity contribution in [2.75, 3.05) is 52.0 Å². The van der Waals surface area contributed by atoms with Crippen LogP contribution in [-0.2, 0) is 14.3 Å². The van der Waals surface area contributed by atoms with Crippen LogP contribution in [0.4, 0.5) is 5.69 Å². The number of ketones is 1. The van der Waals surface area contributed by atoms with Crippen LogP contribution in [0.2, 0.25) is 0 Å². The Bertz CT molecular complexity index is 991. The van der Waals surface area contributed by atoms with Gasteiger partial charge in [-0.3, -0.25) is 14.4 Å². The molecule has 3 rings (SSSR count). The second-order valence-electron chi connectivity index (χ2n) is 7.70. The van der Waals surface area contributed by atoms with E-state index in [2.05, 4.69) is 5.32 Å². The average molecular weight is 471 g/mol. The summed E-state index contributed by atoms with van der Waals surface area (Å²) in [6.45, 7) is 1.26. The molecule has 2 aromatic carbocycles. The lowest BCUT2D eigenvalue weighted by Gasteiger charge is -2.29. The number of Topliss-reactive ketones (excluding diaryl/α,β-unsaturated/α-hetero) is 1. The van der Waals surface area contributed by atoms with Crippen LogP contribution in [-0.4, -0.2) is 64.7 Å². The van der Waals surface area contributed by atoms with Crippen molar-refractivity contribution >= 4 is 23.3 Å². The largest absolute Gasteiger partial charge is 0.497 e. The molecule has 0 aromatic heterocycles. The standard InChI is InChI=1S/C25H30N2O7/c1-31-14-4-12-26-24(29)5-3-13-27-21-15-18(6-11-23(21)34-17-25(27)30)22(28)16-33-20-9-7-19(32-2)8-10-20/h6-11,15H,3-5,12-14,16-17H2,1-2H3,(H,26,29). The molecule has 0 saturated carbocycles. The lowest BCUT2D eigenvalue weighted by molar-refractivity contribution is -0.122. The van der Waals surface area contributed by atoms with E-state index >= 15 is 0 Å². The lowest BCUT2D eigenvalue weighted by atomic mass is 10.1. The Morgan fingerprint density at radius 2 is 1.82 bits per heavy atom. The van der Waals surface area contributed by atoms with Gasteiger partial charge in [0.25, 0.3) is 5.91 Å². The number of hydrogen-bond acceptors (Lipinski definition) is 7. The van der Waals surface area contributed by atoms with Gasteiger partial charge in [0.15, 0.2) is 19.0 Å². The van der Waals surface area contributed by atoms with Crippen LogP contribution in [0.15, 0.2) is 42.5 Å². The Kier molecular flexibility index (Phi) is 9.28. The number of carbonyl (C=O) groups excluding carboxylic acids is 3. The maximum atomic E-state index is 12.7. The van der Waals surface area contributed by atoms with Gasteiger partial charge in [0, 0.05) is 38.8 Å². The molecule has 0 unspecified atom stereocenters. The molecule has 0 fully saturated rings. The molecule has 34 heavy (non-hydrogen) atoms. The normalized spacial score (nSPS) is 12.5. The van der Waals surface area contributed by atoms with Gasteiger partial charge in [-0.15, -0.1) is 0 Å². The van der Waals surface area contributed by atoms with E-state index in [1.54, 1.807) is 61.6 Å². The average Bonchev–Trinajstić information content (AvgIpc) is 2.86. The number of hydrogen-bond donors (Lipinski definition) is 1. The summed E-state index contributed by atoms with van der Waals surface area (Å²) in [6.07, 6.45) is 1.53. The third kappa shape index (κ3) is 6.95. The Hall–Kier alpha value is -3.59. The molecule has 1 aliphatic heterocycles. The van der Waals surface area contributed by atoms with Gasteiger partial charge >= 0.3 is 0 Å². The molecule has 1 heterocycles. The van der Waals surface area contributed by atoms with Crippen LogP contribution in [0.25, 0.3) is 0 Å². The van der Waals surface area contributed by atoms with Gasteiger partial charge in [0.1, 0.15) is 17.2 Å². The Balaban J connectivity index is 1.58. The first-order valence-electron chi connectivity index (χ1n) is 11.1. The van der Waals surface area contributed by atoms with Crippen molar-refractivity contribution in [2.24, 2.45) is 0 Å². The van der Waals surface area contributed by atoms with Crippen molar-refractivity contribution in [3.8, 4) is 17.2 Å². The Labute approximate surface area is 198 Å². The minimum absolute atomic E-state index is 0.0726. The molecule has 9 nitrogen and oxygen atoms in total. The fourth-order valence-electron chi connectivity index (χ4n) is 3.46. The minimum atomic E-state index is -0.230. The number of amides is 2. The third-order valence-electron chi connectivity index (χ3n) is 5.29. The summed E-state index contributed by atoms with van der Waals surface area (Å²) in [5, 5.41) is 2.83. The second-order valence-corrected chi connectivity index (χ2v) is 7.70. The summed E-state index contributed by atoms with van der Waals surface area (Å²) >= 11 is 0. The summed E-state index contributed by atoms with van der Waals surface area (Å²) in [5.74, 6) is 1.25. The minimum Gasteiger partial charge on any atom is -0.497 e. The van der Waals surface area contributed by atoms with E-state index in [-0.39, 0.29) is 30.8 Å². The highest BCUT2D eigenvalue weighted by atomic mass is 16.5. The number of benzene rings is 2. The quantitative estimate of drug-likeness (QED) is 0.355. The van der Waals surface area contributed by atoms with Crippen molar-refractivity contribution in [3.05, 3.63) is 48.0 Å². The number of fused-ring (bicyclic) bond motifs is 1. The Morgan fingerprint density at radius 1 is 1.06 bits per heavy atom. The monoisotopic (exact) mass is 470 g/mol. The van der Waals surface area contributed by atoms with E-state index in [0.717, 1.165) is 6.42 Å². The maximum absolute atomic E-state index is 12.7. The number of nitrogens with one attached hydrogen (secondary N) is 1. The van der Waals surface area contributed by atoms with E-state index in [1.807, 2.05) is 0 Å². The molecule has 0 spiro atoms. The highest BCUT2D eigenvalue weighted by Crippen LogP contribution is 2.33. The third-order valence-corrected chi connectivity index (χ3v) is 5.29. The van der Waals surface area contributed by atoms with E-state index in [4.69, 9.17) is 18.9 Å². The van der Waals surface area contributed by atoms with Gasteiger partial charge in [-0.2, -0.15) is 0 Å². The molecular formula is C25H30N2O7. The zero-order valence-corrected chi connectivity index (χ0v) is 19.5. The van der Waals surface area contributed by atoms with Crippen LogP contribution in [0, 0.1) is 0 Å². The zero-order chi connectivity index (χ0) is 24.3. The van der Waals surface area contributed by atoms with Gasteiger partial charge < -0.3 is 29.2 Å². The molecule has 1 N–H and O–H groups in total. The zero-order valence-electron chi connectivity index (χ0n) is 19.5. The van der Waals surface area contributed by atoms with Crippen molar-refractivity contribution in [3.63, 3.8) is 0 Å². The molecule has 0 bridgehead atoms. The van der Waals surface area contributed by atoms with E-state index in [9.17, 15) is 14.4 Å². The summed E-state index contributed by atoms with van der Waals surface area (Å²) in [7, 11) is 3.19. The van der Waals surface area contributed by atoms with Crippen LogP contribution < -0.4 is 24.4 Å². The Morgan fingerprint density at radius 3 is 2.56 bits per heavy atom. The number of ether oxygens (including phenoxy) is 4. The fourth-order valence-corrected chi connectivity index (χ4v) is 3.46. The van der Waals surface area contributed by atoms with Crippen molar-refractivity contribution in [1.82, 2.24) is 5.32 Å². The molecule has 9 heteroatoms. The predicted molar refractivity (Wildman–Crippen MR) is 126 cm³/mol. The summed E-state index contributed by atoms with van der Waals surface area (Å²) < 4.78 is 21.2. The predicted octanol–water partition coefficient (Wildman–Crippen LogP) is 2.62. The van der Waals surface area contributed by atoms with E-state index in [0.29, 0.717) is 61.0 Å². The summed E-state index contributed by atoms with van der Waals surface area (Å²) in [6, 6.07) is 11.9. The smallest absolute Gasteiger partial charge is 0.265 e. The van der Waals surface area contributed by atoms with Crippen LogP contribution in [0.1, 0.15) is 29.6 Å². The summed E-state index contributed by atoms with van der Waals surface area (Å²) in [4.78, 5) is 38.8. The van der Waals surface area contributed by atoms with Crippen LogP contribution in [0.3, 0.4) is 0 Å². The van der Waals surface area contributed by atoms with Gasteiger partial charge in [-0.1, -0.05) is 0 Å². The molecule has 0 radical (unpaired) electrons. The lowest BCUT2D eigenvalue weighted by Crippen LogP contribution is -2.40. The summed E-state index contributed by atoms with van der Waals surface area (Å²) in [5.41, 5.74) is 0.929. The van der Waals surface area contributed by atoms with Gasteiger partial charge in [-0.05, 0) is 55.3 Å². The SMILES string of the molecule is COCCCNC(=O)CCCN1C(=O)COc2ccc(C(=O)COc3ccc(OC)cc3)cc21. The van der Waals surface area contributed by atoms with Crippen LogP contribution >= 0.6 is 0 Å². The van der Waals surface area contributed by atoms with E-state index in [1.165, 1.54) is 0 Å². The van der Waals surface area contributed by atoms with Gasteiger partial charge in [0.2, 0.25) is 5.91 Å². The van der Waals surface area contributed by atoms with Crippen LogP contribution in [0.5, 0.6) is 17.2 Å². The number of anilines is 1. The number of nitrogens with zero attached hydrogens (tertiary/aromatic N) is 1. The van der Waals surface area contributed by atoms with E-state index < -0.39 is 0 Å². The number of carbonyl (C=O) groups is 3. The van der Waals surface area contributed by atoms with Crippen molar-refractivity contribution in [1.29, 1.82) is 0 Å². The van der Waals surface area contributed by atoms with Gasteiger partial charge in [-0.25, -0.2) is 0 Å². The fraction of sp³-hybridized carbons (Fsp3) is 0.400. The molecule has 0 aliphatic carbocycles. The molecule has 0 atom stereocenters. The first-order chi connectivity index (χ1) is 16.5. The molecule has 1 aliphatic rings. The second kappa shape index (κ2) is 12.6. The molecular weight excluding hydrogens is 440 g/mol. The van der Waals surface area contributed by atoms with Crippen molar-refractivity contribution < 1.29 is 33.3 Å².